The van der Waals surface area contributed by atoms with Crippen LogP contribution in [-0.4, -0.2) is 49.7 Å². The van der Waals surface area contributed by atoms with E-state index in [-0.39, 0.29) is 18.7 Å². The highest BCUT2D eigenvalue weighted by Crippen LogP contribution is 2.32. The number of rotatable bonds is 16. The zero-order chi connectivity index (χ0) is 29.4. The SMILES string of the molecule is C=CC[C@@H]1O[C@H](COCc2ccccc2)[C@@H](OCc2ccccc2)[C@H](OCc2ccccc2)[C@H]1O/C=C/COC(C)=O. The Morgan fingerprint density at radius 1 is 0.762 bits per heavy atom. The van der Waals surface area contributed by atoms with Crippen LogP contribution in [0.1, 0.15) is 30.0 Å². The van der Waals surface area contributed by atoms with E-state index in [1.54, 1.807) is 6.08 Å². The van der Waals surface area contributed by atoms with Crippen LogP contribution in [0.25, 0.3) is 0 Å². The number of benzene rings is 3. The van der Waals surface area contributed by atoms with Gasteiger partial charge in [-0.15, -0.1) is 6.58 Å². The van der Waals surface area contributed by atoms with Crippen LogP contribution >= 0.6 is 0 Å². The molecule has 1 aliphatic heterocycles. The Labute approximate surface area is 248 Å². The number of esters is 1. The Kier molecular flexibility index (Phi) is 12.8. The predicted molar refractivity (Wildman–Crippen MR) is 160 cm³/mol. The first-order chi connectivity index (χ1) is 20.6. The molecule has 0 unspecified atom stereocenters. The minimum absolute atomic E-state index is 0.106. The minimum Gasteiger partial charge on any atom is -0.493 e. The van der Waals surface area contributed by atoms with Gasteiger partial charge in [0.2, 0.25) is 0 Å². The van der Waals surface area contributed by atoms with Crippen molar-refractivity contribution in [3.8, 4) is 0 Å². The highest BCUT2D eigenvalue weighted by Gasteiger charge is 2.48. The zero-order valence-corrected chi connectivity index (χ0v) is 24.1. The van der Waals surface area contributed by atoms with E-state index in [1.165, 1.54) is 13.2 Å². The molecule has 1 heterocycles. The molecule has 3 aromatic carbocycles. The van der Waals surface area contributed by atoms with Crippen LogP contribution in [0, 0.1) is 0 Å². The maximum Gasteiger partial charge on any atom is 0.302 e. The number of ether oxygens (including phenoxy) is 6. The van der Waals surface area contributed by atoms with Crippen LogP contribution in [0.2, 0.25) is 0 Å². The number of hydrogen-bond acceptors (Lipinski definition) is 7. The van der Waals surface area contributed by atoms with Gasteiger partial charge in [0.05, 0.1) is 32.7 Å². The first-order valence-corrected chi connectivity index (χ1v) is 14.3. The van der Waals surface area contributed by atoms with Crippen molar-refractivity contribution in [2.75, 3.05) is 13.2 Å². The second kappa shape index (κ2) is 17.3. The van der Waals surface area contributed by atoms with Gasteiger partial charge in [0.1, 0.15) is 31.0 Å². The van der Waals surface area contributed by atoms with E-state index >= 15 is 0 Å². The highest BCUT2D eigenvalue weighted by molar-refractivity contribution is 5.65. The molecule has 0 amide bonds. The summed E-state index contributed by atoms with van der Waals surface area (Å²) in [5, 5.41) is 0. The smallest absolute Gasteiger partial charge is 0.302 e. The average Bonchev–Trinajstić information content (AvgIpc) is 3.01. The topological polar surface area (TPSA) is 72.5 Å². The first kappa shape index (κ1) is 31.2. The summed E-state index contributed by atoms with van der Waals surface area (Å²) >= 11 is 0. The van der Waals surface area contributed by atoms with Gasteiger partial charge in [0.25, 0.3) is 0 Å². The minimum atomic E-state index is -0.522. The van der Waals surface area contributed by atoms with E-state index < -0.39 is 24.4 Å². The van der Waals surface area contributed by atoms with Crippen LogP contribution in [0.3, 0.4) is 0 Å². The summed E-state index contributed by atoms with van der Waals surface area (Å²) in [5.41, 5.74) is 3.15. The third kappa shape index (κ3) is 9.96. The molecule has 1 fully saturated rings. The van der Waals surface area contributed by atoms with Gasteiger partial charge in [-0.3, -0.25) is 4.79 Å². The lowest BCUT2D eigenvalue weighted by Gasteiger charge is -2.45. The Morgan fingerprint density at radius 2 is 1.31 bits per heavy atom. The quantitative estimate of drug-likeness (QED) is 0.115. The van der Waals surface area contributed by atoms with Crippen molar-refractivity contribution in [1.82, 2.24) is 0 Å². The molecular formula is C35H40O7. The van der Waals surface area contributed by atoms with Crippen LogP contribution in [0.5, 0.6) is 0 Å². The van der Waals surface area contributed by atoms with Crippen molar-refractivity contribution in [2.24, 2.45) is 0 Å². The summed E-state index contributed by atoms with van der Waals surface area (Å²) in [6.45, 7) is 6.91. The van der Waals surface area contributed by atoms with E-state index in [0.29, 0.717) is 32.8 Å². The molecule has 5 atom stereocenters. The zero-order valence-electron chi connectivity index (χ0n) is 24.1. The Morgan fingerprint density at radius 3 is 1.86 bits per heavy atom. The number of carbonyl (C=O) groups excluding carboxylic acids is 1. The van der Waals surface area contributed by atoms with Crippen molar-refractivity contribution < 1.29 is 33.2 Å². The molecule has 42 heavy (non-hydrogen) atoms. The van der Waals surface area contributed by atoms with Crippen LogP contribution < -0.4 is 0 Å². The van der Waals surface area contributed by atoms with Gasteiger partial charge in [-0.25, -0.2) is 0 Å². The largest absolute Gasteiger partial charge is 0.493 e. The van der Waals surface area contributed by atoms with Crippen LogP contribution in [-0.2, 0) is 53.0 Å². The van der Waals surface area contributed by atoms with E-state index in [0.717, 1.165) is 16.7 Å². The Hall–Kier alpha value is -3.75. The monoisotopic (exact) mass is 572 g/mol. The summed E-state index contributed by atoms with van der Waals surface area (Å²) < 4.78 is 37.2. The third-order valence-corrected chi connectivity index (χ3v) is 6.81. The Balaban J connectivity index is 1.58. The molecule has 0 aromatic heterocycles. The molecule has 0 radical (unpaired) electrons. The first-order valence-electron chi connectivity index (χ1n) is 14.3. The number of carbonyl (C=O) groups is 1. The van der Waals surface area contributed by atoms with E-state index in [1.807, 2.05) is 97.1 Å². The fraction of sp³-hybridized carbons (Fsp3) is 0.343. The lowest BCUT2D eigenvalue weighted by molar-refractivity contribution is -0.261. The fourth-order valence-corrected chi connectivity index (χ4v) is 4.79. The molecule has 0 N–H and O–H groups in total. The summed E-state index contributed by atoms with van der Waals surface area (Å²) in [6, 6.07) is 30.0. The molecule has 0 bridgehead atoms. The summed E-state index contributed by atoms with van der Waals surface area (Å²) in [5.74, 6) is -0.359. The lowest BCUT2D eigenvalue weighted by atomic mass is 9.92. The van der Waals surface area contributed by atoms with Gasteiger partial charge in [0.15, 0.2) is 6.10 Å². The summed E-state index contributed by atoms with van der Waals surface area (Å²) in [4.78, 5) is 11.2. The molecule has 7 heteroatoms. The van der Waals surface area contributed by atoms with E-state index in [9.17, 15) is 4.79 Å². The molecule has 3 aromatic rings. The number of hydrogen-bond donors (Lipinski definition) is 0. The van der Waals surface area contributed by atoms with Crippen molar-refractivity contribution in [3.63, 3.8) is 0 Å². The van der Waals surface area contributed by atoms with E-state index in [2.05, 4.69) is 6.58 Å². The van der Waals surface area contributed by atoms with Gasteiger partial charge < -0.3 is 28.4 Å². The van der Waals surface area contributed by atoms with Crippen molar-refractivity contribution in [1.29, 1.82) is 0 Å². The normalized spacial score (nSPS) is 22.1. The van der Waals surface area contributed by atoms with Gasteiger partial charge in [-0.1, -0.05) is 97.1 Å². The summed E-state index contributed by atoms with van der Waals surface area (Å²) in [7, 11) is 0. The molecule has 1 saturated heterocycles. The molecule has 4 rings (SSSR count). The second-order valence-electron chi connectivity index (χ2n) is 10.0. The summed E-state index contributed by atoms with van der Waals surface area (Å²) in [6.07, 6.45) is 3.21. The average molecular weight is 573 g/mol. The molecule has 0 aliphatic carbocycles. The fourth-order valence-electron chi connectivity index (χ4n) is 4.79. The van der Waals surface area contributed by atoms with Crippen LogP contribution in [0.15, 0.2) is 116 Å². The second-order valence-corrected chi connectivity index (χ2v) is 10.0. The Bertz CT molecular complexity index is 1220. The lowest BCUT2D eigenvalue weighted by Crippen LogP contribution is -2.60. The molecular weight excluding hydrogens is 532 g/mol. The van der Waals surface area contributed by atoms with Gasteiger partial charge in [-0.05, 0) is 29.2 Å². The van der Waals surface area contributed by atoms with E-state index in [4.69, 9.17) is 28.4 Å². The molecule has 222 valence electrons. The van der Waals surface area contributed by atoms with Gasteiger partial charge in [0, 0.05) is 6.92 Å². The highest BCUT2D eigenvalue weighted by atomic mass is 16.6. The predicted octanol–water partition coefficient (Wildman–Crippen LogP) is 6.18. The standard InChI is InChI=1S/C35H40O7/c1-3-14-31-33(39-22-13-21-38-27(2)36)35(41-25-30-19-11-6-12-20-30)34(40-24-29-17-9-5-10-18-29)32(42-31)26-37-23-28-15-7-4-8-16-28/h3-13,15-20,22,31-35H,1,14,21,23-26H2,2H3/b22-13+/t31-,32+,33-,34+,35+/m0/s1. The molecule has 0 spiro atoms. The molecule has 1 aliphatic rings. The molecule has 7 nitrogen and oxygen atoms in total. The maximum atomic E-state index is 11.2. The molecule has 0 saturated carbocycles. The van der Waals surface area contributed by atoms with Crippen LogP contribution in [0.4, 0.5) is 0 Å². The van der Waals surface area contributed by atoms with Gasteiger partial charge >= 0.3 is 5.97 Å². The van der Waals surface area contributed by atoms with Crippen molar-refractivity contribution >= 4 is 5.97 Å². The van der Waals surface area contributed by atoms with Gasteiger partial charge in [-0.2, -0.15) is 0 Å². The third-order valence-electron chi connectivity index (χ3n) is 6.81. The van der Waals surface area contributed by atoms with Crippen molar-refractivity contribution in [2.45, 2.75) is 63.7 Å². The van der Waals surface area contributed by atoms with Crippen molar-refractivity contribution in [3.05, 3.63) is 133 Å². The maximum absolute atomic E-state index is 11.2.